The average molecular weight is 597 g/mol. The van der Waals surface area contributed by atoms with E-state index in [0.29, 0.717) is 10.9 Å². The number of hydrogen-bond donors (Lipinski definition) is 1. The summed E-state index contributed by atoms with van der Waals surface area (Å²) in [5, 5.41) is 48.3. The Kier molecular flexibility index (Phi) is 7.55. The second kappa shape index (κ2) is 11.6. The van der Waals surface area contributed by atoms with Gasteiger partial charge in [0.25, 0.3) is 0 Å². The molecule has 7 rings (SSSR count). The van der Waals surface area contributed by atoms with E-state index in [1.807, 2.05) is 54.6 Å². The largest absolute Gasteiger partial charge is 0.851 e. The summed E-state index contributed by atoms with van der Waals surface area (Å²) < 4.78 is 0. The van der Waals surface area contributed by atoms with Crippen LogP contribution in [0.2, 0.25) is 0 Å². The summed E-state index contributed by atoms with van der Waals surface area (Å²) >= 11 is 0. The molecule has 0 radical (unpaired) electrons. The molecule has 6 aromatic carbocycles. The summed E-state index contributed by atoms with van der Waals surface area (Å²) in [5.74, 6) is -1.39. The topological polar surface area (TPSA) is 72.8 Å². The molecule has 1 saturated carbocycles. The highest BCUT2D eigenvalue weighted by molar-refractivity contribution is 6.17. The van der Waals surface area contributed by atoms with Crippen molar-refractivity contribution in [1.82, 2.24) is 0 Å². The van der Waals surface area contributed by atoms with Crippen LogP contribution in [0.1, 0.15) is 50.7 Å². The number of fused-ring (bicyclic) bond motifs is 4. The predicted octanol–water partition coefficient (Wildman–Crippen LogP) is 7.04. The minimum absolute atomic E-state index is 0.115. The molecular weight excluding hydrogens is 556 g/mol. The van der Waals surface area contributed by atoms with Gasteiger partial charge in [-0.2, -0.15) is 0 Å². The molecule has 0 aliphatic heterocycles. The lowest BCUT2D eigenvalue weighted by molar-refractivity contribution is -0.535. The third-order valence-electron chi connectivity index (χ3n) is 10.2. The molecule has 5 nitrogen and oxygen atoms in total. The number of hydrogen-bond acceptors (Lipinski definition) is 5. The molecule has 5 heteroatoms. The van der Waals surface area contributed by atoms with Gasteiger partial charge in [0.2, 0.25) is 0 Å². The van der Waals surface area contributed by atoms with Crippen LogP contribution < -0.4 is 20.0 Å². The van der Waals surface area contributed by atoms with Crippen LogP contribution >= 0.6 is 0 Å². The Morgan fingerprint density at radius 3 is 1.29 bits per heavy atom. The summed E-state index contributed by atoms with van der Waals surface area (Å²) in [7, 11) is 0. The first-order valence-corrected chi connectivity index (χ1v) is 16.4. The van der Waals surface area contributed by atoms with E-state index in [4.69, 9.17) is 0 Å². The average Bonchev–Trinajstić information content (AvgIpc) is 3.07. The van der Waals surface area contributed by atoms with Gasteiger partial charge >= 0.3 is 0 Å². The molecule has 1 aliphatic carbocycles. The van der Waals surface area contributed by atoms with Crippen molar-refractivity contribution in [3.05, 3.63) is 102 Å². The first kappa shape index (κ1) is 29.4. The Bertz CT molecular complexity index is 1980. The maximum atomic E-state index is 14.7. The maximum absolute atomic E-state index is 14.7. The quantitative estimate of drug-likeness (QED) is 0.191. The second-order valence-electron chi connectivity index (χ2n) is 12.2. The zero-order valence-corrected chi connectivity index (χ0v) is 26.5. The molecule has 1 fully saturated rings. The van der Waals surface area contributed by atoms with E-state index in [0.717, 1.165) is 80.8 Å². The van der Waals surface area contributed by atoms with E-state index in [1.165, 1.54) is 0 Å². The van der Waals surface area contributed by atoms with Crippen LogP contribution in [0.3, 0.4) is 0 Å². The fourth-order valence-electron chi connectivity index (χ4n) is 8.16. The Balaban J connectivity index is 1.47. The molecule has 2 atom stereocenters. The first-order chi connectivity index (χ1) is 22.0. The lowest BCUT2D eigenvalue weighted by atomic mass is 9.60. The second-order valence-corrected chi connectivity index (χ2v) is 12.2. The van der Waals surface area contributed by atoms with Crippen molar-refractivity contribution in [3.63, 3.8) is 0 Å². The van der Waals surface area contributed by atoms with E-state index < -0.39 is 24.0 Å². The van der Waals surface area contributed by atoms with Crippen LogP contribution in [0, 0.1) is 0 Å². The Labute approximate surface area is 264 Å². The third kappa shape index (κ3) is 4.28. The molecule has 1 N–H and O–H groups in total. The monoisotopic (exact) mass is 596 g/mol. The molecule has 0 saturated heterocycles. The fourth-order valence-corrected chi connectivity index (χ4v) is 8.16. The molecule has 0 heterocycles. The summed E-state index contributed by atoms with van der Waals surface area (Å²) in [6.07, 6.45) is -2.33. The van der Waals surface area contributed by atoms with Gasteiger partial charge in [0.15, 0.2) is 0 Å². The number of phenols is 1. The molecule has 2 unspecified atom stereocenters. The number of phenolic OH excluding ortho intramolecular Hbond substituents is 1. The highest BCUT2D eigenvalue weighted by Gasteiger charge is 2.42. The van der Waals surface area contributed by atoms with Gasteiger partial charge < -0.3 is 25.1 Å². The Hall–Kier alpha value is -4.32. The summed E-state index contributed by atoms with van der Waals surface area (Å²) in [4.78, 5) is 4.65. The predicted molar refractivity (Wildman–Crippen MR) is 185 cm³/mol. The van der Waals surface area contributed by atoms with Gasteiger partial charge in [-0.15, -0.1) is 12.2 Å². The zero-order valence-electron chi connectivity index (χ0n) is 26.5. The molecule has 230 valence electrons. The number of benzene rings is 6. The van der Waals surface area contributed by atoms with Crippen LogP contribution in [0.5, 0.6) is 5.75 Å². The van der Waals surface area contributed by atoms with E-state index in [2.05, 4.69) is 67.8 Å². The third-order valence-corrected chi connectivity index (χ3v) is 10.2. The minimum atomic E-state index is -1.16. The van der Waals surface area contributed by atoms with Crippen LogP contribution in [-0.4, -0.2) is 43.5 Å². The molecule has 0 amide bonds. The van der Waals surface area contributed by atoms with Gasteiger partial charge in [-0.3, -0.25) is 0 Å². The Morgan fingerprint density at radius 2 is 0.844 bits per heavy atom. The summed E-state index contributed by atoms with van der Waals surface area (Å²) in [6, 6.07) is 30.1. The maximum Gasteiger partial charge on any atom is 0.123 e. The lowest BCUT2D eigenvalue weighted by Crippen LogP contribution is -2.63. The van der Waals surface area contributed by atoms with Crippen LogP contribution in [0.4, 0.5) is 11.4 Å². The van der Waals surface area contributed by atoms with Crippen LogP contribution in [0.25, 0.3) is 43.1 Å². The first-order valence-electron chi connectivity index (χ1n) is 16.4. The lowest BCUT2D eigenvalue weighted by Gasteiger charge is -2.62. The Morgan fingerprint density at radius 1 is 0.489 bits per heavy atom. The SMILES string of the molecule is CCN(CC)c1c2ccccc2c(C2C([O-])C(c3c4ccccc4c(N(CC)CC)c4cccc(O)c34)C2[O-])c2ccccc12. The van der Waals surface area contributed by atoms with E-state index >= 15 is 0 Å². The van der Waals surface area contributed by atoms with Gasteiger partial charge in [0.05, 0.1) is 11.4 Å². The van der Waals surface area contributed by atoms with Crippen molar-refractivity contribution in [2.24, 2.45) is 0 Å². The standard InChI is InChI=1S/C40H40N2O3/c1-5-41(6-2)37-27-19-12-9-16-24(27)32(25-17-10-13-20-28(25)37)35-39(44)36(40(35)45)34-26-18-11-14-21-29(26)38(42(7-3)8-4)30-22-15-23-31(43)33(30)34/h9-23,35-36,39-40,43H,5-8H2,1-4H3/q-2. The minimum Gasteiger partial charge on any atom is -0.851 e. The van der Waals surface area contributed by atoms with Gasteiger partial charge in [0, 0.05) is 53.1 Å². The van der Waals surface area contributed by atoms with E-state index in [9.17, 15) is 15.3 Å². The molecule has 6 aromatic rings. The number of rotatable bonds is 8. The highest BCUT2D eigenvalue weighted by atomic mass is 16.3. The zero-order chi connectivity index (χ0) is 31.4. The molecule has 0 bridgehead atoms. The van der Waals surface area contributed by atoms with Gasteiger partial charge in [0.1, 0.15) is 5.75 Å². The fraction of sp³-hybridized carbons (Fsp3) is 0.300. The van der Waals surface area contributed by atoms with E-state index in [1.54, 1.807) is 6.07 Å². The molecule has 45 heavy (non-hydrogen) atoms. The van der Waals surface area contributed by atoms with Crippen molar-refractivity contribution in [2.75, 3.05) is 36.0 Å². The normalized spacial score (nSPS) is 19.8. The molecule has 0 spiro atoms. The van der Waals surface area contributed by atoms with Crippen molar-refractivity contribution < 1.29 is 15.3 Å². The van der Waals surface area contributed by atoms with Gasteiger partial charge in [-0.05, 0) is 72.9 Å². The number of nitrogens with zero attached hydrogens (tertiary/aromatic N) is 2. The molecule has 1 aliphatic rings. The number of anilines is 2. The van der Waals surface area contributed by atoms with Crippen molar-refractivity contribution >= 4 is 54.5 Å². The van der Waals surface area contributed by atoms with Crippen molar-refractivity contribution in [1.29, 1.82) is 0 Å². The molecule has 0 aromatic heterocycles. The molecular formula is C40H40N2O3-2. The smallest absolute Gasteiger partial charge is 0.123 e. The van der Waals surface area contributed by atoms with Crippen LogP contribution in [0.15, 0.2) is 91.0 Å². The highest BCUT2D eigenvalue weighted by Crippen LogP contribution is 2.55. The van der Waals surface area contributed by atoms with Crippen LogP contribution in [-0.2, 0) is 0 Å². The van der Waals surface area contributed by atoms with Gasteiger partial charge in [-0.25, -0.2) is 0 Å². The van der Waals surface area contributed by atoms with Crippen molar-refractivity contribution in [2.45, 2.75) is 51.7 Å². The van der Waals surface area contributed by atoms with Gasteiger partial charge in [-0.1, -0.05) is 84.9 Å². The number of aromatic hydroxyl groups is 1. The summed E-state index contributed by atoms with van der Waals surface area (Å²) in [6.45, 7) is 11.9. The van der Waals surface area contributed by atoms with Crippen molar-refractivity contribution in [3.8, 4) is 5.75 Å². The van der Waals surface area contributed by atoms with E-state index in [-0.39, 0.29) is 5.75 Å². The summed E-state index contributed by atoms with van der Waals surface area (Å²) in [5.41, 5.74) is 3.75.